The van der Waals surface area contributed by atoms with Gasteiger partial charge in [-0.1, -0.05) is 36.4 Å². The Labute approximate surface area is 148 Å². The maximum atomic E-state index is 12.2. The van der Waals surface area contributed by atoms with Gasteiger partial charge in [-0.15, -0.1) is 0 Å². The summed E-state index contributed by atoms with van der Waals surface area (Å²) >= 11 is 0. The van der Waals surface area contributed by atoms with Gasteiger partial charge in [-0.05, 0) is 25.3 Å². The van der Waals surface area contributed by atoms with E-state index in [0.717, 1.165) is 42.8 Å². The molecule has 0 aliphatic carbocycles. The van der Waals surface area contributed by atoms with Gasteiger partial charge in [0.2, 0.25) is 0 Å². The first-order valence-corrected chi connectivity index (χ1v) is 8.76. The van der Waals surface area contributed by atoms with Crippen molar-refractivity contribution in [1.82, 2.24) is 10.2 Å². The van der Waals surface area contributed by atoms with E-state index in [1.807, 2.05) is 42.5 Å². The van der Waals surface area contributed by atoms with Crippen LogP contribution < -0.4 is 10.1 Å². The molecule has 0 unspecified atom stereocenters. The zero-order chi connectivity index (χ0) is 17.7. The first-order chi connectivity index (χ1) is 12.1. The number of amides is 1. The molecule has 1 aliphatic rings. The quantitative estimate of drug-likeness (QED) is 0.876. The first-order valence-electron chi connectivity index (χ1n) is 8.76. The molecule has 3 rings (SSSR count). The van der Waals surface area contributed by atoms with Gasteiger partial charge in [-0.2, -0.15) is 0 Å². The molecule has 0 atom stereocenters. The number of ether oxygens (including phenoxy) is 2. The molecular formula is C20H26N2O3. The number of nitrogens with one attached hydrogen (secondary N) is 1. The lowest BCUT2D eigenvalue weighted by Gasteiger charge is -2.40. The van der Waals surface area contributed by atoms with Crippen molar-refractivity contribution in [2.75, 3.05) is 39.5 Å². The minimum atomic E-state index is -0.103. The van der Waals surface area contributed by atoms with Gasteiger partial charge in [0, 0.05) is 30.6 Å². The summed E-state index contributed by atoms with van der Waals surface area (Å²) < 4.78 is 11.1. The summed E-state index contributed by atoms with van der Waals surface area (Å²) in [5, 5.41) is 5.12. The molecule has 1 saturated heterocycles. The van der Waals surface area contributed by atoms with Crippen LogP contribution in [0.5, 0.6) is 5.75 Å². The summed E-state index contributed by atoms with van der Waals surface area (Å²) in [6.45, 7) is 8.19. The highest BCUT2D eigenvalue weighted by atomic mass is 16.5. The Balaban J connectivity index is 1.52. The summed E-state index contributed by atoms with van der Waals surface area (Å²) in [5.74, 6) is 0.634. The monoisotopic (exact) mass is 342 g/mol. The van der Waals surface area contributed by atoms with Gasteiger partial charge in [0.15, 0.2) is 6.61 Å². The SMILES string of the molecule is CC(C)(CNC(=O)COc1cccc2ccccc12)N1CCOCC1. The van der Waals surface area contributed by atoms with Crippen LogP contribution in [0.3, 0.4) is 0 Å². The summed E-state index contributed by atoms with van der Waals surface area (Å²) in [6.07, 6.45) is 0. The molecule has 1 N–H and O–H groups in total. The lowest BCUT2D eigenvalue weighted by atomic mass is 10.0. The molecule has 1 heterocycles. The topological polar surface area (TPSA) is 50.8 Å². The fourth-order valence-corrected chi connectivity index (χ4v) is 3.11. The van der Waals surface area contributed by atoms with Crippen molar-refractivity contribution in [3.05, 3.63) is 42.5 Å². The predicted octanol–water partition coefficient (Wildman–Crippen LogP) is 2.45. The summed E-state index contributed by atoms with van der Waals surface area (Å²) in [7, 11) is 0. The highest BCUT2D eigenvalue weighted by Crippen LogP contribution is 2.25. The molecule has 2 aromatic rings. The van der Waals surface area contributed by atoms with E-state index < -0.39 is 0 Å². The fraction of sp³-hybridized carbons (Fsp3) is 0.450. The molecule has 1 fully saturated rings. The third-order valence-electron chi connectivity index (χ3n) is 4.69. The van der Waals surface area contributed by atoms with Crippen LogP contribution in [-0.4, -0.2) is 55.8 Å². The fourth-order valence-electron chi connectivity index (χ4n) is 3.11. The van der Waals surface area contributed by atoms with Crippen molar-refractivity contribution >= 4 is 16.7 Å². The zero-order valence-electron chi connectivity index (χ0n) is 15.0. The van der Waals surface area contributed by atoms with Crippen molar-refractivity contribution < 1.29 is 14.3 Å². The molecular weight excluding hydrogens is 316 g/mol. The van der Waals surface area contributed by atoms with E-state index in [-0.39, 0.29) is 18.1 Å². The molecule has 5 heteroatoms. The second kappa shape index (κ2) is 7.85. The van der Waals surface area contributed by atoms with Crippen molar-refractivity contribution in [3.8, 4) is 5.75 Å². The van der Waals surface area contributed by atoms with Crippen molar-refractivity contribution in [2.45, 2.75) is 19.4 Å². The maximum Gasteiger partial charge on any atom is 0.258 e. The number of hydrogen-bond donors (Lipinski definition) is 1. The third-order valence-corrected chi connectivity index (χ3v) is 4.69. The lowest BCUT2D eigenvalue weighted by Crippen LogP contribution is -2.55. The Morgan fingerprint density at radius 2 is 1.88 bits per heavy atom. The van der Waals surface area contributed by atoms with Crippen LogP contribution in [0.25, 0.3) is 10.8 Å². The molecule has 0 spiro atoms. The van der Waals surface area contributed by atoms with Gasteiger partial charge >= 0.3 is 0 Å². The van der Waals surface area contributed by atoms with Crippen molar-refractivity contribution in [3.63, 3.8) is 0 Å². The normalized spacial score (nSPS) is 15.9. The minimum Gasteiger partial charge on any atom is -0.483 e. The van der Waals surface area contributed by atoms with Crippen molar-refractivity contribution in [1.29, 1.82) is 0 Å². The Bertz CT molecular complexity index is 718. The van der Waals surface area contributed by atoms with Gasteiger partial charge in [-0.3, -0.25) is 9.69 Å². The van der Waals surface area contributed by atoms with Gasteiger partial charge in [0.25, 0.3) is 5.91 Å². The Morgan fingerprint density at radius 1 is 1.16 bits per heavy atom. The second-order valence-electron chi connectivity index (χ2n) is 6.95. The average Bonchev–Trinajstić information content (AvgIpc) is 2.65. The number of carbonyl (C=O) groups excluding carboxylic acids is 1. The smallest absolute Gasteiger partial charge is 0.258 e. The zero-order valence-corrected chi connectivity index (χ0v) is 15.0. The van der Waals surface area contributed by atoms with Gasteiger partial charge < -0.3 is 14.8 Å². The maximum absolute atomic E-state index is 12.2. The van der Waals surface area contributed by atoms with Crippen LogP contribution in [0.1, 0.15) is 13.8 Å². The molecule has 25 heavy (non-hydrogen) atoms. The van der Waals surface area contributed by atoms with Crippen LogP contribution in [0.15, 0.2) is 42.5 Å². The number of benzene rings is 2. The number of nitrogens with zero attached hydrogens (tertiary/aromatic N) is 1. The molecule has 2 aromatic carbocycles. The largest absolute Gasteiger partial charge is 0.483 e. The van der Waals surface area contributed by atoms with Crippen LogP contribution in [0.4, 0.5) is 0 Å². The third kappa shape index (κ3) is 4.50. The molecule has 0 radical (unpaired) electrons. The van der Waals surface area contributed by atoms with E-state index in [1.165, 1.54) is 0 Å². The average molecular weight is 342 g/mol. The molecule has 134 valence electrons. The standard InChI is InChI=1S/C20H26N2O3/c1-20(2,22-10-12-24-13-11-22)15-21-19(23)14-25-18-9-5-7-16-6-3-4-8-17(16)18/h3-9H,10-15H2,1-2H3,(H,21,23). The van der Waals surface area contributed by atoms with Gasteiger partial charge in [0.05, 0.1) is 13.2 Å². The summed E-state index contributed by atoms with van der Waals surface area (Å²) in [5.41, 5.74) is -0.0983. The van der Waals surface area contributed by atoms with Gasteiger partial charge in [0.1, 0.15) is 5.75 Å². The highest BCUT2D eigenvalue weighted by molar-refractivity contribution is 5.88. The minimum absolute atomic E-state index is 0.0210. The second-order valence-corrected chi connectivity index (χ2v) is 6.95. The summed E-state index contributed by atoms with van der Waals surface area (Å²) in [4.78, 5) is 14.6. The van der Waals surface area contributed by atoms with E-state index in [0.29, 0.717) is 6.54 Å². The molecule has 0 bridgehead atoms. The number of morpholine rings is 1. The summed E-state index contributed by atoms with van der Waals surface area (Å²) in [6, 6.07) is 13.9. The molecule has 0 aromatic heterocycles. The first kappa shape index (κ1) is 17.7. The van der Waals surface area contributed by atoms with Crippen LogP contribution in [0.2, 0.25) is 0 Å². The van der Waals surface area contributed by atoms with Crippen LogP contribution >= 0.6 is 0 Å². The van der Waals surface area contributed by atoms with E-state index in [2.05, 4.69) is 24.1 Å². The molecule has 1 amide bonds. The molecule has 5 nitrogen and oxygen atoms in total. The van der Waals surface area contributed by atoms with E-state index >= 15 is 0 Å². The van der Waals surface area contributed by atoms with Gasteiger partial charge in [-0.25, -0.2) is 0 Å². The number of carbonyl (C=O) groups is 1. The Morgan fingerprint density at radius 3 is 2.68 bits per heavy atom. The number of hydrogen-bond acceptors (Lipinski definition) is 4. The van der Waals surface area contributed by atoms with E-state index in [1.54, 1.807) is 0 Å². The van der Waals surface area contributed by atoms with Crippen molar-refractivity contribution in [2.24, 2.45) is 0 Å². The Kier molecular flexibility index (Phi) is 5.56. The number of fused-ring (bicyclic) bond motifs is 1. The molecule has 0 saturated carbocycles. The molecule has 1 aliphatic heterocycles. The van der Waals surface area contributed by atoms with E-state index in [9.17, 15) is 4.79 Å². The van der Waals surface area contributed by atoms with E-state index in [4.69, 9.17) is 9.47 Å². The lowest BCUT2D eigenvalue weighted by molar-refractivity contribution is -0.123. The Hall–Kier alpha value is -2.11. The van der Waals surface area contributed by atoms with Crippen LogP contribution in [-0.2, 0) is 9.53 Å². The number of rotatable bonds is 6. The van der Waals surface area contributed by atoms with Crippen LogP contribution in [0, 0.1) is 0 Å². The highest BCUT2D eigenvalue weighted by Gasteiger charge is 2.28. The predicted molar refractivity (Wildman–Crippen MR) is 98.9 cm³/mol.